The molecule has 2 aliphatic rings. The summed E-state index contributed by atoms with van der Waals surface area (Å²) in [5.74, 6) is 0.486. The van der Waals surface area contributed by atoms with Gasteiger partial charge in [0.15, 0.2) is 0 Å². The Morgan fingerprint density at radius 1 is 1.29 bits per heavy atom. The van der Waals surface area contributed by atoms with Crippen molar-refractivity contribution in [2.75, 3.05) is 45.9 Å². The van der Waals surface area contributed by atoms with Gasteiger partial charge in [0, 0.05) is 38.8 Å². The molecule has 0 spiro atoms. The van der Waals surface area contributed by atoms with Crippen molar-refractivity contribution in [1.29, 1.82) is 0 Å². The smallest absolute Gasteiger partial charge is 0.0829 e. The molecular formula is C13H26N2O2. The average Bonchev–Trinajstić information content (AvgIpc) is 2.77. The zero-order chi connectivity index (χ0) is 12.3. The lowest BCUT2D eigenvalue weighted by Crippen LogP contribution is -2.49. The number of aliphatic hydroxyl groups excluding tert-OH is 1. The monoisotopic (exact) mass is 242 g/mol. The Balaban J connectivity index is 1.75. The van der Waals surface area contributed by atoms with Crippen LogP contribution in [0.4, 0.5) is 0 Å². The second kappa shape index (κ2) is 6.14. The zero-order valence-electron chi connectivity index (χ0n) is 11.1. The molecule has 100 valence electrons. The van der Waals surface area contributed by atoms with E-state index in [2.05, 4.69) is 23.6 Å². The van der Waals surface area contributed by atoms with E-state index in [0.717, 1.165) is 45.8 Å². The summed E-state index contributed by atoms with van der Waals surface area (Å²) in [5, 5.41) is 9.14. The molecule has 0 bridgehead atoms. The highest BCUT2D eigenvalue weighted by Crippen LogP contribution is 2.17. The van der Waals surface area contributed by atoms with Gasteiger partial charge in [-0.3, -0.25) is 4.90 Å². The maximum Gasteiger partial charge on any atom is 0.0829 e. The van der Waals surface area contributed by atoms with E-state index in [1.165, 1.54) is 0 Å². The van der Waals surface area contributed by atoms with Crippen LogP contribution >= 0.6 is 0 Å². The quantitative estimate of drug-likeness (QED) is 0.774. The Hall–Kier alpha value is -0.160. The first kappa shape index (κ1) is 13.3. The lowest BCUT2D eigenvalue weighted by Gasteiger charge is -2.37. The molecule has 2 unspecified atom stereocenters. The number of morpholine rings is 1. The van der Waals surface area contributed by atoms with Crippen LogP contribution in [0.3, 0.4) is 0 Å². The fourth-order valence-corrected chi connectivity index (χ4v) is 2.84. The fraction of sp³-hybridized carbons (Fsp3) is 1.00. The van der Waals surface area contributed by atoms with E-state index in [9.17, 15) is 0 Å². The van der Waals surface area contributed by atoms with Crippen LogP contribution in [0, 0.1) is 5.92 Å². The van der Waals surface area contributed by atoms with E-state index in [1.807, 2.05) is 0 Å². The van der Waals surface area contributed by atoms with Crippen molar-refractivity contribution in [2.24, 2.45) is 5.92 Å². The molecule has 0 aliphatic carbocycles. The van der Waals surface area contributed by atoms with Gasteiger partial charge in [0.2, 0.25) is 0 Å². The third-order valence-corrected chi connectivity index (χ3v) is 3.99. The summed E-state index contributed by atoms with van der Waals surface area (Å²) in [7, 11) is 0. The molecule has 2 rings (SSSR count). The minimum Gasteiger partial charge on any atom is -0.396 e. The summed E-state index contributed by atoms with van der Waals surface area (Å²) in [6.07, 6.45) is 1.49. The Morgan fingerprint density at radius 2 is 2.12 bits per heavy atom. The molecule has 0 aromatic heterocycles. The van der Waals surface area contributed by atoms with Gasteiger partial charge >= 0.3 is 0 Å². The van der Waals surface area contributed by atoms with Crippen LogP contribution in [0.2, 0.25) is 0 Å². The van der Waals surface area contributed by atoms with Gasteiger partial charge in [-0.05, 0) is 32.7 Å². The number of ether oxygens (including phenoxy) is 1. The largest absolute Gasteiger partial charge is 0.396 e. The third-order valence-electron chi connectivity index (χ3n) is 3.99. The van der Waals surface area contributed by atoms with E-state index in [-0.39, 0.29) is 0 Å². The van der Waals surface area contributed by atoms with Crippen LogP contribution in [0.1, 0.15) is 20.3 Å². The molecule has 0 aromatic carbocycles. The van der Waals surface area contributed by atoms with Crippen LogP contribution in [-0.4, -0.2) is 73.0 Å². The van der Waals surface area contributed by atoms with Gasteiger partial charge in [-0.1, -0.05) is 0 Å². The minimum absolute atomic E-state index is 0.333. The summed E-state index contributed by atoms with van der Waals surface area (Å²) in [6, 6.07) is 0.616. The Labute approximate surface area is 105 Å². The van der Waals surface area contributed by atoms with Crippen molar-refractivity contribution in [3.8, 4) is 0 Å². The highest BCUT2D eigenvalue weighted by Gasteiger charge is 2.27. The normalized spacial score (nSPS) is 32.5. The molecule has 0 amide bonds. The van der Waals surface area contributed by atoms with Crippen LogP contribution in [0.25, 0.3) is 0 Å². The Morgan fingerprint density at radius 3 is 2.76 bits per heavy atom. The number of hydrogen-bond donors (Lipinski definition) is 1. The molecule has 0 radical (unpaired) electrons. The molecule has 1 N–H and O–H groups in total. The molecule has 17 heavy (non-hydrogen) atoms. The van der Waals surface area contributed by atoms with Crippen LogP contribution in [0.5, 0.6) is 0 Å². The Kier molecular flexibility index (Phi) is 4.79. The highest BCUT2D eigenvalue weighted by atomic mass is 16.5. The summed E-state index contributed by atoms with van der Waals surface area (Å²) >= 11 is 0. The van der Waals surface area contributed by atoms with Gasteiger partial charge < -0.3 is 14.7 Å². The minimum atomic E-state index is 0.333. The van der Waals surface area contributed by atoms with Crippen LogP contribution in [-0.2, 0) is 4.74 Å². The molecule has 2 aliphatic heterocycles. The van der Waals surface area contributed by atoms with Gasteiger partial charge in [-0.15, -0.1) is 0 Å². The predicted octanol–water partition coefficient (Wildman–Crippen LogP) is 0.410. The van der Waals surface area contributed by atoms with Gasteiger partial charge in [0.1, 0.15) is 0 Å². The maximum atomic E-state index is 9.14. The van der Waals surface area contributed by atoms with E-state index in [0.29, 0.717) is 24.7 Å². The standard InChI is InChI=1S/C13H26N2O2/c1-11(2)15-5-6-17-13(9-15)8-14-4-3-12(7-14)10-16/h11-13,16H,3-10H2,1-2H3. The second-order valence-electron chi connectivity index (χ2n) is 5.68. The average molecular weight is 242 g/mol. The van der Waals surface area contributed by atoms with E-state index in [1.54, 1.807) is 0 Å². The third kappa shape index (κ3) is 3.65. The summed E-state index contributed by atoms with van der Waals surface area (Å²) in [5.41, 5.74) is 0. The Bertz CT molecular complexity index is 235. The van der Waals surface area contributed by atoms with Crippen molar-refractivity contribution in [2.45, 2.75) is 32.4 Å². The molecule has 4 nitrogen and oxygen atoms in total. The number of aliphatic hydroxyl groups is 1. The second-order valence-corrected chi connectivity index (χ2v) is 5.68. The summed E-state index contributed by atoms with van der Waals surface area (Å²) in [6.45, 7) is 11.0. The number of nitrogens with zero attached hydrogens (tertiary/aromatic N) is 2. The topological polar surface area (TPSA) is 35.9 Å². The van der Waals surface area contributed by atoms with Gasteiger partial charge in [0.25, 0.3) is 0 Å². The molecule has 2 fully saturated rings. The first-order valence-electron chi connectivity index (χ1n) is 6.88. The predicted molar refractivity (Wildman–Crippen MR) is 68.1 cm³/mol. The summed E-state index contributed by atoms with van der Waals surface area (Å²) in [4.78, 5) is 4.93. The number of rotatable bonds is 4. The molecule has 0 aromatic rings. The van der Waals surface area contributed by atoms with Crippen LogP contribution in [0.15, 0.2) is 0 Å². The van der Waals surface area contributed by atoms with Crippen molar-refractivity contribution in [3.63, 3.8) is 0 Å². The van der Waals surface area contributed by atoms with Gasteiger partial charge in [-0.25, -0.2) is 0 Å². The fourth-order valence-electron chi connectivity index (χ4n) is 2.84. The number of likely N-dealkylation sites (tertiary alicyclic amines) is 1. The zero-order valence-corrected chi connectivity index (χ0v) is 11.1. The van der Waals surface area contributed by atoms with Crippen molar-refractivity contribution in [1.82, 2.24) is 9.80 Å². The van der Waals surface area contributed by atoms with Crippen LogP contribution < -0.4 is 0 Å². The van der Waals surface area contributed by atoms with Gasteiger partial charge in [-0.2, -0.15) is 0 Å². The van der Waals surface area contributed by atoms with Crippen molar-refractivity contribution >= 4 is 0 Å². The summed E-state index contributed by atoms with van der Waals surface area (Å²) < 4.78 is 5.84. The first-order valence-corrected chi connectivity index (χ1v) is 6.88. The van der Waals surface area contributed by atoms with E-state index < -0.39 is 0 Å². The maximum absolute atomic E-state index is 9.14. The molecule has 2 heterocycles. The lowest BCUT2D eigenvalue weighted by atomic mass is 10.1. The SMILES string of the molecule is CC(C)N1CCOC(CN2CCC(CO)C2)C1. The van der Waals surface area contributed by atoms with E-state index >= 15 is 0 Å². The molecule has 4 heteroatoms. The van der Waals surface area contributed by atoms with Crippen molar-refractivity contribution in [3.05, 3.63) is 0 Å². The first-order chi connectivity index (χ1) is 8.19. The van der Waals surface area contributed by atoms with Crippen molar-refractivity contribution < 1.29 is 9.84 Å². The van der Waals surface area contributed by atoms with E-state index in [4.69, 9.17) is 9.84 Å². The molecule has 2 atom stereocenters. The number of hydrogen-bond acceptors (Lipinski definition) is 4. The molecule has 0 saturated carbocycles. The molecule has 2 saturated heterocycles. The molecular weight excluding hydrogens is 216 g/mol. The lowest BCUT2D eigenvalue weighted by molar-refractivity contribution is -0.0502. The highest BCUT2D eigenvalue weighted by molar-refractivity contribution is 4.81. The van der Waals surface area contributed by atoms with Gasteiger partial charge in [0.05, 0.1) is 12.7 Å².